The maximum absolute atomic E-state index is 11.8. The van der Waals surface area contributed by atoms with Crippen LogP contribution in [-0.2, 0) is 14.8 Å². The number of hydrogen-bond donors (Lipinski definition) is 2. The molecular formula is C10H15BrN2O4S. The molecule has 0 radical (unpaired) electrons. The highest BCUT2D eigenvalue weighted by Gasteiger charge is 2.13. The molecule has 6 nitrogen and oxygen atoms in total. The number of aliphatic hydroxyl groups excluding tert-OH is 1. The Balaban J connectivity index is 2.41. The molecule has 102 valence electrons. The molecule has 0 fully saturated rings. The van der Waals surface area contributed by atoms with Gasteiger partial charge in [-0.3, -0.25) is 4.98 Å². The molecule has 1 aromatic heterocycles. The van der Waals surface area contributed by atoms with Gasteiger partial charge in [0.15, 0.2) is 0 Å². The van der Waals surface area contributed by atoms with Crippen molar-refractivity contribution in [2.45, 2.75) is 11.3 Å². The number of aliphatic hydroxyl groups is 1. The molecule has 0 aliphatic carbocycles. The van der Waals surface area contributed by atoms with Crippen LogP contribution in [0.1, 0.15) is 6.42 Å². The molecule has 0 aliphatic rings. The third-order valence-electron chi connectivity index (χ3n) is 1.98. The van der Waals surface area contributed by atoms with Gasteiger partial charge in [-0.2, -0.15) is 0 Å². The number of ether oxygens (including phenoxy) is 1. The number of nitrogens with one attached hydrogen (secondary N) is 1. The Kier molecular flexibility index (Phi) is 6.72. The number of sulfonamides is 1. The van der Waals surface area contributed by atoms with Crippen molar-refractivity contribution >= 4 is 26.0 Å². The molecule has 1 heterocycles. The van der Waals surface area contributed by atoms with Crippen molar-refractivity contribution in [3.05, 3.63) is 22.9 Å². The fourth-order valence-electron chi connectivity index (χ4n) is 1.17. The van der Waals surface area contributed by atoms with Crippen LogP contribution >= 0.6 is 15.9 Å². The Labute approximate surface area is 115 Å². The number of aromatic nitrogens is 1. The average molecular weight is 339 g/mol. The molecule has 0 saturated carbocycles. The molecule has 0 unspecified atom stereocenters. The van der Waals surface area contributed by atoms with E-state index in [1.165, 1.54) is 18.5 Å². The summed E-state index contributed by atoms with van der Waals surface area (Å²) in [5.41, 5.74) is 0. The van der Waals surface area contributed by atoms with Crippen LogP contribution < -0.4 is 4.72 Å². The van der Waals surface area contributed by atoms with Crippen LogP contribution in [-0.4, -0.2) is 44.9 Å². The maximum atomic E-state index is 11.8. The van der Waals surface area contributed by atoms with Crippen LogP contribution in [0.3, 0.4) is 0 Å². The zero-order valence-corrected chi connectivity index (χ0v) is 12.1. The van der Waals surface area contributed by atoms with Gasteiger partial charge >= 0.3 is 0 Å². The van der Waals surface area contributed by atoms with Crippen molar-refractivity contribution in [3.63, 3.8) is 0 Å². The molecule has 1 rings (SSSR count). The van der Waals surface area contributed by atoms with Crippen LogP contribution in [0.15, 0.2) is 27.8 Å². The van der Waals surface area contributed by atoms with Crippen molar-refractivity contribution in [1.82, 2.24) is 9.71 Å². The van der Waals surface area contributed by atoms with Gasteiger partial charge in [0.2, 0.25) is 10.0 Å². The van der Waals surface area contributed by atoms with Gasteiger partial charge in [-0.05, 0) is 28.4 Å². The first-order chi connectivity index (χ1) is 8.56. The van der Waals surface area contributed by atoms with E-state index in [1.807, 2.05) is 0 Å². The van der Waals surface area contributed by atoms with Gasteiger partial charge in [0.05, 0.1) is 13.2 Å². The van der Waals surface area contributed by atoms with E-state index in [0.29, 0.717) is 17.5 Å². The summed E-state index contributed by atoms with van der Waals surface area (Å²) in [6.45, 7) is 0.915. The lowest BCUT2D eigenvalue weighted by molar-refractivity contribution is 0.0913. The lowest BCUT2D eigenvalue weighted by Gasteiger charge is -2.06. The van der Waals surface area contributed by atoms with Crippen molar-refractivity contribution in [2.75, 3.05) is 26.4 Å². The molecule has 2 N–H and O–H groups in total. The summed E-state index contributed by atoms with van der Waals surface area (Å²) in [5.74, 6) is 0. The number of halogens is 1. The summed E-state index contributed by atoms with van der Waals surface area (Å²) in [5, 5.41) is 8.48. The molecule has 0 atom stereocenters. The fraction of sp³-hybridized carbons (Fsp3) is 0.500. The highest BCUT2D eigenvalue weighted by Crippen LogP contribution is 2.13. The topological polar surface area (TPSA) is 88.5 Å². The van der Waals surface area contributed by atoms with E-state index in [9.17, 15) is 8.42 Å². The van der Waals surface area contributed by atoms with Gasteiger partial charge in [0.1, 0.15) is 4.90 Å². The largest absolute Gasteiger partial charge is 0.394 e. The lowest BCUT2D eigenvalue weighted by Crippen LogP contribution is -2.25. The Morgan fingerprint density at radius 3 is 2.83 bits per heavy atom. The van der Waals surface area contributed by atoms with Gasteiger partial charge in [-0.15, -0.1) is 0 Å². The van der Waals surface area contributed by atoms with E-state index in [0.717, 1.165) is 0 Å². The van der Waals surface area contributed by atoms with E-state index in [-0.39, 0.29) is 24.7 Å². The third kappa shape index (κ3) is 5.40. The maximum Gasteiger partial charge on any atom is 0.242 e. The summed E-state index contributed by atoms with van der Waals surface area (Å²) in [6.07, 6.45) is 3.35. The summed E-state index contributed by atoms with van der Waals surface area (Å²) >= 11 is 3.17. The van der Waals surface area contributed by atoms with E-state index in [2.05, 4.69) is 25.6 Å². The third-order valence-corrected chi connectivity index (χ3v) is 3.84. The zero-order valence-electron chi connectivity index (χ0n) is 9.67. The van der Waals surface area contributed by atoms with E-state index in [4.69, 9.17) is 9.84 Å². The van der Waals surface area contributed by atoms with Crippen LogP contribution in [0.4, 0.5) is 0 Å². The molecule has 18 heavy (non-hydrogen) atoms. The molecule has 0 amide bonds. The summed E-state index contributed by atoms with van der Waals surface area (Å²) in [6, 6.07) is 1.48. The summed E-state index contributed by atoms with van der Waals surface area (Å²) in [7, 11) is -3.52. The first-order valence-corrected chi connectivity index (χ1v) is 7.62. The van der Waals surface area contributed by atoms with E-state index >= 15 is 0 Å². The van der Waals surface area contributed by atoms with E-state index < -0.39 is 10.0 Å². The first-order valence-electron chi connectivity index (χ1n) is 5.35. The number of hydrogen-bond acceptors (Lipinski definition) is 5. The summed E-state index contributed by atoms with van der Waals surface area (Å²) in [4.78, 5) is 3.92. The molecule has 0 aromatic carbocycles. The standard InChI is InChI=1S/C10H15BrN2O4S/c11-9-6-10(8-12-7-9)18(15,16)13-2-1-4-17-5-3-14/h6-8,13-14H,1-5H2. The smallest absolute Gasteiger partial charge is 0.242 e. The molecule has 0 aliphatic heterocycles. The first kappa shape index (κ1) is 15.5. The highest BCUT2D eigenvalue weighted by molar-refractivity contribution is 9.10. The van der Waals surface area contributed by atoms with Crippen LogP contribution in [0.2, 0.25) is 0 Å². The van der Waals surface area contributed by atoms with Crippen LogP contribution in [0.5, 0.6) is 0 Å². The van der Waals surface area contributed by atoms with Crippen molar-refractivity contribution in [2.24, 2.45) is 0 Å². The van der Waals surface area contributed by atoms with Crippen molar-refractivity contribution in [3.8, 4) is 0 Å². The Morgan fingerprint density at radius 2 is 2.17 bits per heavy atom. The predicted molar refractivity (Wildman–Crippen MR) is 69.6 cm³/mol. The predicted octanol–water partition coefficient (Wildman–Crippen LogP) is 0.521. The second-order valence-electron chi connectivity index (χ2n) is 3.43. The molecular weight excluding hydrogens is 324 g/mol. The highest BCUT2D eigenvalue weighted by atomic mass is 79.9. The molecule has 0 saturated heterocycles. The van der Waals surface area contributed by atoms with Crippen LogP contribution in [0, 0.1) is 0 Å². The molecule has 0 bridgehead atoms. The Bertz CT molecular complexity index is 467. The molecule has 1 aromatic rings. The second kappa shape index (κ2) is 7.80. The van der Waals surface area contributed by atoms with Crippen LogP contribution in [0.25, 0.3) is 0 Å². The minimum Gasteiger partial charge on any atom is -0.394 e. The number of rotatable bonds is 8. The van der Waals surface area contributed by atoms with Gasteiger partial charge in [0.25, 0.3) is 0 Å². The molecule has 0 spiro atoms. The van der Waals surface area contributed by atoms with E-state index in [1.54, 1.807) is 0 Å². The van der Waals surface area contributed by atoms with Gasteiger partial charge < -0.3 is 9.84 Å². The Morgan fingerprint density at radius 1 is 1.39 bits per heavy atom. The van der Waals surface area contributed by atoms with Crippen molar-refractivity contribution in [1.29, 1.82) is 0 Å². The quantitative estimate of drug-likeness (QED) is 0.674. The van der Waals surface area contributed by atoms with Gasteiger partial charge in [0, 0.05) is 30.0 Å². The van der Waals surface area contributed by atoms with Gasteiger partial charge in [-0.25, -0.2) is 13.1 Å². The number of nitrogens with zero attached hydrogens (tertiary/aromatic N) is 1. The zero-order chi connectivity index (χ0) is 13.4. The minimum atomic E-state index is -3.52. The summed E-state index contributed by atoms with van der Waals surface area (Å²) < 4.78 is 31.7. The fourth-order valence-corrected chi connectivity index (χ4v) is 2.75. The Hall–Kier alpha value is -0.540. The number of pyridine rings is 1. The monoisotopic (exact) mass is 338 g/mol. The normalized spacial score (nSPS) is 11.7. The van der Waals surface area contributed by atoms with Crippen molar-refractivity contribution < 1.29 is 18.3 Å². The second-order valence-corrected chi connectivity index (χ2v) is 6.11. The average Bonchev–Trinajstić information content (AvgIpc) is 2.33. The SMILES string of the molecule is O=S(=O)(NCCCOCCO)c1cncc(Br)c1. The molecule has 8 heteroatoms. The lowest BCUT2D eigenvalue weighted by atomic mass is 10.5. The minimum absolute atomic E-state index is 0.0323. The van der Waals surface area contributed by atoms with Gasteiger partial charge in [-0.1, -0.05) is 0 Å².